The Hall–Kier alpha value is -2.76. The highest BCUT2D eigenvalue weighted by Gasteiger charge is 2.07. The van der Waals surface area contributed by atoms with Crippen LogP contribution in [0, 0.1) is 5.92 Å². The normalized spacial score (nSPS) is 10.4. The third-order valence-corrected chi connectivity index (χ3v) is 3.57. The summed E-state index contributed by atoms with van der Waals surface area (Å²) in [7, 11) is 3.23. The van der Waals surface area contributed by atoms with Gasteiger partial charge in [-0.25, -0.2) is 4.98 Å². The van der Waals surface area contributed by atoms with E-state index in [1.165, 1.54) is 0 Å². The number of aromatic nitrogens is 1. The van der Waals surface area contributed by atoms with E-state index >= 15 is 0 Å². The van der Waals surface area contributed by atoms with Crippen molar-refractivity contribution in [3.63, 3.8) is 0 Å². The molecular weight excluding hydrogens is 318 g/mol. The number of hydrogen-bond acceptors (Lipinski definition) is 5. The van der Waals surface area contributed by atoms with Gasteiger partial charge in [0, 0.05) is 13.0 Å². The smallest absolute Gasteiger partial charge is 0.225 e. The van der Waals surface area contributed by atoms with E-state index in [0.29, 0.717) is 36.2 Å². The lowest BCUT2D eigenvalue weighted by Gasteiger charge is -2.11. The van der Waals surface area contributed by atoms with Gasteiger partial charge in [0.05, 0.1) is 26.1 Å². The summed E-state index contributed by atoms with van der Waals surface area (Å²) in [5.74, 6) is 2.26. The van der Waals surface area contributed by atoms with Crippen LogP contribution in [0.4, 0.5) is 11.5 Å². The lowest BCUT2D eigenvalue weighted by molar-refractivity contribution is -0.116. The molecule has 2 rings (SSSR count). The number of carbonyl (C=O) groups excluding carboxylic acids is 1. The Morgan fingerprint density at radius 3 is 2.48 bits per heavy atom. The Labute approximate surface area is 148 Å². The number of nitrogens with zero attached hydrogens (tertiary/aromatic N) is 1. The molecule has 0 unspecified atom stereocenters. The van der Waals surface area contributed by atoms with Gasteiger partial charge in [-0.2, -0.15) is 0 Å². The molecule has 6 heteroatoms. The molecule has 0 saturated heterocycles. The van der Waals surface area contributed by atoms with Crippen molar-refractivity contribution in [3.05, 3.63) is 42.1 Å². The van der Waals surface area contributed by atoms with Crippen molar-refractivity contribution >= 4 is 17.4 Å². The van der Waals surface area contributed by atoms with Gasteiger partial charge in [0.2, 0.25) is 5.91 Å². The van der Waals surface area contributed by atoms with E-state index in [-0.39, 0.29) is 5.91 Å². The Balaban J connectivity index is 1.92. The van der Waals surface area contributed by atoms with Gasteiger partial charge in [0.1, 0.15) is 5.82 Å². The van der Waals surface area contributed by atoms with Crippen molar-refractivity contribution in [1.29, 1.82) is 0 Å². The van der Waals surface area contributed by atoms with Crippen molar-refractivity contribution in [2.75, 3.05) is 24.9 Å². The molecule has 0 atom stereocenters. The van der Waals surface area contributed by atoms with Crippen molar-refractivity contribution in [1.82, 2.24) is 4.98 Å². The maximum Gasteiger partial charge on any atom is 0.225 e. The molecule has 1 amide bonds. The van der Waals surface area contributed by atoms with Gasteiger partial charge in [-0.05, 0) is 35.7 Å². The molecule has 0 aliphatic heterocycles. The van der Waals surface area contributed by atoms with Crippen LogP contribution in [0.5, 0.6) is 11.5 Å². The monoisotopic (exact) mass is 343 g/mol. The predicted molar refractivity (Wildman–Crippen MR) is 99.2 cm³/mol. The van der Waals surface area contributed by atoms with Crippen molar-refractivity contribution in [3.8, 4) is 11.5 Å². The molecule has 2 N–H and O–H groups in total. The van der Waals surface area contributed by atoms with Crippen LogP contribution in [0.25, 0.3) is 0 Å². The van der Waals surface area contributed by atoms with E-state index in [2.05, 4.69) is 15.6 Å². The van der Waals surface area contributed by atoms with Gasteiger partial charge in [-0.3, -0.25) is 4.79 Å². The molecule has 25 heavy (non-hydrogen) atoms. The fourth-order valence-corrected chi connectivity index (χ4v) is 2.33. The molecule has 0 radical (unpaired) electrons. The summed E-state index contributed by atoms with van der Waals surface area (Å²) >= 11 is 0. The highest BCUT2D eigenvalue weighted by Crippen LogP contribution is 2.27. The first-order valence-electron chi connectivity index (χ1n) is 8.22. The van der Waals surface area contributed by atoms with E-state index in [1.54, 1.807) is 26.5 Å². The molecule has 0 bridgehead atoms. The fourth-order valence-electron chi connectivity index (χ4n) is 2.33. The number of amides is 1. The van der Waals surface area contributed by atoms with Gasteiger partial charge in [0.15, 0.2) is 11.5 Å². The number of benzene rings is 1. The number of nitrogens with one attached hydrogen (secondary N) is 2. The minimum absolute atomic E-state index is 0.0199. The highest BCUT2D eigenvalue weighted by atomic mass is 16.5. The molecule has 6 nitrogen and oxygen atoms in total. The Kier molecular flexibility index (Phi) is 6.62. The first-order chi connectivity index (χ1) is 12.0. The van der Waals surface area contributed by atoms with Gasteiger partial charge >= 0.3 is 0 Å². The van der Waals surface area contributed by atoms with E-state index in [9.17, 15) is 4.79 Å². The molecule has 2 aromatic rings. The Morgan fingerprint density at radius 1 is 1.12 bits per heavy atom. The van der Waals surface area contributed by atoms with Crippen LogP contribution in [0.2, 0.25) is 0 Å². The molecular formula is C19H25N3O3. The van der Waals surface area contributed by atoms with Gasteiger partial charge < -0.3 is 20.1 Å². The molecule has 0 aliphatic rings. The molecule has 1 aromatic carbocycles. The number of carbonyl (C=O) groups is 1. The van der Waals surface area contributed by atoms with Crippen LogP contribution in [-0.2, 0) is 11.3 Å². The highest BCUT2D eigenvalue weighted by molar-refractivity contribution is 5.89. The Bertz CT molecular complexity index is 700. The van der Waals surface area contributed by atoms with E-state index in [4.69, 9.17) is 9.47 Å². The topological polar surface area (TPSA) is 72.5 Å². The number of ether oxygens (including phenoxy) is 2. The summed E-state index contributed by atoms with van der Waals surface area (Å²) in [6, 6.07) is 9.46. The predicted octanol–water partition coefficient (Wildman–Crippen LogP) is 3.70. The minimum atomic E-state index is -0.0199. The second-order valence-corrected chi connectivity index (χ2v) is 6.12. The van der Waals surface area contributed by atoms with Crippen LogP contribution in [-0.4, -0.2) is 25.1 Å². The number of anilines is 2. The summed E-state index contributed by atoms with van der Waals surface area (Å²) < 4.78 is 10.5. The van der Waals surface area contributed by atoms with Gasteiger partial charge in [0.25, 0.3) is 0 Å². The van der Waals surface area contributed by atoms with Crippen LogP contribution < -0.4 is 20.1 Å². The van der Waals surface area contributed by atoms with Crippen molar-refractivity contribution < 1.29 is 14.3 Å². The zero-order valence-corrected chi connectivity index (χ0v) is 15.1. The SMILES string of the molecule is COc1ccc(CNc2ccc(NC(=O)CC(C)C)nc2)cc1OC. The van der Waals surface area contributed by atoms with E-state index < -0.39 is 0 Å². The molecule has 0 spiro atoms. The summed E-state index contributed by atoms with van der Waals surface area (Å²) in [5.41, 5.74) is 1.93. The largest absolute Gasteiger partial charge is 0.493 e. The van der Waals surface area contributed by atoms with Gasteiger partial charge in [-0.1, -0.05) is 19.9 Å². The molecule has 0 fully saturated rings. The average molecular weight is 343 g/mol. The number of pyridine rings is 1. The molecule has 1 aromatic heterocycles. The third-order valence-electron chi connectivity index (χ3n) is 3.57. The maximum absolute atomic E-state index is 11.7. The summed E-state index contributed by atoms with van der Waals surface area (Å²) in [4.78, 5) is 16.0. The number of rotatable bonds is 8. The summed E-state index contributed by atoms with van der Waals surface area (Å²) in [6.07, 6.45) is 2.19. The number of methoxy groups -OCH3 is 2. The van der Waals surface area contributed by atoms with Crippen molar-refractivity contribution in [2.24, 2.45) is 5.92 Å². The van der Waals surface area contributed by atoms with Gasteiger partial charge in [-0.15, -0.1) is 0 Å². The number of hydrogen-bond donors (Lipinski definition) is 2. The molecule has 0 saturated carbocycles. The molecule has 1 heterocycles. The third kappa shape index (κ3) is 5.67. The second kappa shape index (κ2) is 8.92. The summed E-state index contributed by atoms with van der Waals surface area (Å²) in [5, 5.41) is 6.08. The van der Waals surface area contributed by atoms with Crippen molar-refractivity contribution in [2.45, 2.75) is 26.8 Å². The zero-order chi connectivity index (χ0) is 18.2. The lowest BCUT2D eigenvalue weighted by atomic mass is 10.1. The first-order valence-corrected chi connectivity index (χ1v) is 8.22. The zero-order valence-electron chi connectivity index (χ0n) is 15.1. The quantitative estimate of drug-likeness (QED) is 0.765. The second-order valence-electron chi connectivity index (χ2n) is 6.12. The van der Waals surface area contributed by atoms with Crippen LogP contribution >= 0.6 is 0 Å². The standard InChI is InChI=1S/C19H25N3O3/c1-13(2)9-19(23)22-18-8-6-15(12-21-18)20-11-14-5-7-16(24-3)17(10-14)25-4/h5-8,10,12-13,20H,9,11H2,1-4H3,(H,21,22,23). The summed E-state index contributed by atoms with van der Waals surface area (Å²) in [6.45, 7) is 4.64. The van der Waals surface area contributed by atoms with Crippen LogP contribution in [0.15, 0.2) is 36.5 Å². The van der Waals surface area contributed by atoms with Crippen LogP contribution in [0.3, 0.4) is 0 Å². The Morgan fingerprint density at radius 2 is 1.88 bits per heavy atom. The first kappa shape index (κ1) is 18.6. The van der Waals surface area contributed by atoms with E-state index in [0.717, 1.165) is 11.3 Å². The fraction of sp³-hybridized carbons (Fsp3) is 0.368. The van der Waals surface area contributed by atoms with E-state index in [1.807, 2.05) is 38.1 Å². The minimum Gasteiger partial charge on any atom is -0.493 e. The van der Waals surface area contributed by atoms with Crippen LogP contribution in [0.1, 0.15) is 25.8 Å². The molecule has 134 valence electrons. The average Bonchev–Trinajstić information content (AvgIpc) is 2.60. The lowest BCUT2D eigenvalue weighted by Crippen LogP contribution is -2.14. The maximum atomic E-state index is 11.7. The molecule has 0 aliphatic carbocycles.